The Morgan fingerprint density at radius 3 is 2.70 bits per heavy atom. The fraction of sp³-hybridized carbons (Fsp3) is 0.211. The number of carboxylic acid groups (broad SMARTS) is 1. The molecule has 0 atom stereocenters. The van der Waals surface area contributed by atoms with Crippen LogP contribution in [-0.4, -0.2) is 18.2 Å². The molecule has 0 aliphatic carbocycles. The minimum absolute atomic E-state index is 0.205. The van der Waals surface area contributed by atoms with Crippen LogP contribution in [-0.2, 0) is 17.8 Å². The molecule has 1 heterocycles. The van der Waals surface area contributed by atoms with Crippen molar-refractivity contribution in [3.05, 3.63) is 57.8 Å². The molecular weight excluding hydrogens is 426 g/mol. The molecule has 0 unspecified atom stereocenters. The maximum Gasteiger partial charge on any atom is 0.307 e. The molecule has 142 valence electrons. The summed E-state index contributed by atoms with van der Waals surface area (Å²) in [5, 5.41) is 9.55. The van der Waals surface area contributed by atoms with E-state index in [1.165, 1.54) is 13.2 Å². The second kappa shape index (κ2) is 7.96. The van der Waals surface area contributed by atoms with Gasteiger partial charge in [0.05, 0.1) is 13.5 Å². The van der Waals surface area contributed by atoms with Crippen molar-refractivity contribution in [2.75, 3.05) is 7.11 Å². The Morgan fingerprint density at radius 2 is 2.04 bits per heavy atom. The Kier molecular flexibility index (Phi) is 5.65. The zero-order valence-corrected chi connectivity index (χ0v) is 15.8. The number of methoxy groups -OCH3 is 1. The van der Waals surface area contributed by atoms with E-state index >= 15 is 0 Å². The Morgan fingerprint density at radius 1 is 1.26 bits per heavy atom. The molecule has 1 N–H and O–H groups in total. The predicted octanol–water partition coefficient (Wildman–Crippen LogP) is 5.35. The quantitative estimate of drug-likeness (QED) is 0.536. The van der Waals surface area contributed by atoms with Crippen LogP contribution in [0.5, 0.6) is 11.5 Å². The third kappa shape index (κ3) is 4.21. The summed E-state index contributed by atoms with van der Waals surface area (Å²) in [5.74, 6) is -0.781. The summed E-state index contributed by atoms with van der Waals surface area (Å²) in [6.45, 7) is -0.205. The number of fused-ring (bicyclic) bond motifs is 1. The number of carboxylic acids is 1. The Bertz CT molecular complexity index is 984. The number of carbonyl (C=O) groups is 1. The van der Waals surface area contributed by atoms with Gasteiger partial charge in [0.1, 0.15) is 23.7 Å². The van der Waals surface area contributed by atoms with E-state index in [1.54, 1.807) is 30.3 Å². The first kappa shape index (κ1) is 19.2. The van der Waals surface area contributed by atoms with Crippen molar-refractivity contribution in [1.29, 1.82) is 0 Å². The first-order valence-corrected chi connectivity index (χ1v) is 8.68. The SMILES string of the molecule is COc1ccc(CC(=O)O)c(OCc2c(C(F)F)oc3ccc(Br)cc23)c1. The van der Waals surface area contributed by atoms with Crippen LogP contribution < -0.4 is 9.47 Å². The molecule has 27 heavy (non-hydrogen) atoms. The number of ether oxygens (including phenoxy) is 2. The molecule has 0 amide bonds. The number of hydrogen-bond acceptors (Lipinski definition) is 4. The van der Waals surface area contributed by atoms with Gasteiger partial charge in [-0.05, 0) is 24.3 Å². The van der Waals surface area contributed by atoms with E-state index in [1.807, 2.05) is 0 Å². The van der Waals surface area contributed by atoms with Gasteiger partial charge in [-0.3, -0.25) is 4.79 Å². The van der Waals surface area contributed by atoms with Crippen LogP contribution in [0.3, 0.4) is 0 Å². The highest BCUT2D eigenvalue weighted by molar-refractivity contribution is 9.10. The van der Waals surface area contributed by atoms with Gasteiger partial charge in [-0.15, -0.1) is 0 Å². The van der Waals surface area contributed by atoms with E-state index in [4.69, 9.17) is 19.0 Å². The van der Waals surface area contributed by atoms with Crippen LogP contribution in [0, 0.1) is 0 Å². The first-order valence-electron chi connectivity index (χ1n) is 7.89. The third-order valence-electron chi connectivity index (χ3n) is 3.97. The smallest absolute Gasteiger partial charge is 0.307 e. The average molecular weight is 441 g/mol. The van der Waals surface area contributed by atoms with Crippen LogP contribution >= 0.6 is 15.9 Å². The van der Waals surface area contributed by atoms with Gasteiger partial charge in [0.25, 0.3) is 6.43 Å². The second-order valence-corrected chi connectivity index (χ2v) is 6.63. The number of alkyl halides is 2. The Hall–Kier alpha value is -2.61. The predicted molar refractivity (Wildman–Crippen MR) is 97.5 cm³/mol. The Labute approximate surface area is 161 Å². The number of rotatable bonds is 7. The zero-order chi connectivity index (χ0) is 19.6. The van der Waals surface area contributed by atoms with Crippen molar-refractivity contribution in [3.8, 4) is 11.5 Å². The largest absolute Gasteiger partial charge is 0.497 e. The van der Waals surface area contributed by atoms with E-state index in [2.05, 4.69) is 15.9 Å². The van der Waals surface area contributed by atoms with Crippen molar-refractivity contribution in [2.45, 2.75) is 19.5 Å². The summed E-state index contributed by atoms with van der Waals surface area (Å²) >= 11 is 3.31. The molecule has 0 fully saturated rings. The van der Waals surface area contributed by atoms with E-state index in [0.717, 1.165) is 0 Å². The maximum atomic E-state index is 13.4. The molecular formula is C19H15BrF2O5. The number of furan rings is 1. The summed E-state index contributed by atoms with van der Waals surface area (Å²) in [4.78, 5) is 11.1. The van der Waals surface area contributed by atoms with Gasteiger partial charge in [0.15, 0.2) is 5.76 Å². The van der Waals surface area contributed by atoms with Crippen LogP contribution in [0.4, 0.5) is 8.78 Å². The van der Waals surface area contributed by atoms with Crippen molar-refractivity contribution in [2.24, 2.45) is 0 Å². The van der Waals surface area contributed by atoms with E-state index in [0.29, 0.717) is 26.8 Å². The molecule has 3 rings (SSSR count). The molecule has 0 radical (unpaired) electrons. The molecule has 3 aromatic rings. The lowest BCUT2D eigenvalue weighted by Gasteiger charge is -2.12. The Balaban J connectivity index is 1.98. The highest BCUT2D eigenvalue weighted by atomic mass is 79.9. The van der Waals surface area contributed by atoms with Gasteiger partial charge in [-0.25, -0.2) is 8.78 Å². The normalized spacial score (nSPS) is 11.1. The first-order chi connectivity index (χ1) is 12.9. The lowest BCUT2D eigenvalue weighted by Crippen LogP contribution is -2.05. The van der Waals surface area contributed by atoms with Gasteiger partial charge >= 0.3 is 5.97 Å². The summed E-state index contributed by atoms with van der Waals surface area (Å²) in [6, 6.07) is 9.67. The molecule has 0 spiro atoms. The molecule has 0 saturated heterocycles. The fourth-order valence-electron chi connectivity index (χ4n) is 2.72. The van der Waals surface area contributed by atoms with Crippen molar-refractivity contribution < 1.29 is 32.6 Å². The number of hydrogen-bond donors (Lipinski definition) is 1. The average Bonchev–Trinajstić information content (AvgIpc) is 2.98. The summed E-state index contributed by atoms with van der Waals surface area (Å²) in [5.41, 5.74) is 0.949. The van der Waals surface area contributed by atoms with E-state index in [-0.39, 0.29) is 24.3 Å². The van der Waals surface area contributed by atoms with Crippen molar-refractivity contribution in [3.63, 3.8) is 0 Å². The second-order valence-electron chi connectivity index (χ2n) is 5.72. The molecule has 0 aliphatic heterocycles. The topological polar surface area (TPSA) is 68.9 Å². The third-order valence-corrected chi connectivity index (χ3v) is 4.46. The van der Waals surface area contributed by atoms with Gasteiger partial charge in [-0.1, -0.05) is 22.0 Å². The van der Waals surface area contributed by atoms with Gasteiger partial charge in [0, 0.05) is 27.1 Å². The molecule has 1 aromatic heterocycles. The van der Waals surface area contributed by atoms with Crippen LogP contribution in [0.15, 0.2) is 45.3 Å². The van der Waals surface area contributed by atoms with Crippen molar-refractivity contribution >= 4 is 32.9 Å². The van der Waals surface area contributed by atoms with Gasteiger partial charge in [-0.2, -0.15) is 0 Å². The van der Waals surface area contributed by atoms with Crippen LogP contribution in [0.25, 0.3) is 11.0 Å². The molecule has 8 heteroatoms. The number of benzene rings is 2. The zero-order valence-electron chi connectivity index (χ0n) is 14.2. The molecule has 0 aliphatic rings. The highest BCUT2D eigenvalue weighted by Crippen LogP contribution is 2.35. The summed E-state index contributed by atoms with van der Waals surface area (Å²) in [6.07, 6.45) is -3.07. The minimum Gasteiger partial charge on any atom is -0.497 e. The summed E-state index contributed by atoms with van der Waals surface area (Å²) < 4.78 is 43.6. The monoisotopic (exact) mass is 440 g/mol. The van der Waals surface area contributed by atoms with E-state index in [9.17, 15) is 13.6 Å². The van der Waals surface area contributed by atoms with Crippen LogP contribution in [0.1, 0.15) is 23.3 Å². The van der Waals surface area contributed by atoms with Gasteiger partial charge < -0.3 is 19.0 Å². The highest BCUT2D eigenvalue weighted by Gasteiger charge is 2.23. The van der Waals surface area contributed by atoms with Crippen LogP contribution in [0.2, 0.25) is 0 Å². The maximum absolute atomic E-state index is 13.4. The fourth-order valence-corrected chi connectivity index (χ4v) is 3.08. The molecule has 0 saturated carbocycles. The number of aliphatic carboxylic acids is 1. The standard InChI is InChI=1S/C19H15BrF2O5/c1-25-12-4-2-10(6-17(23)24)16(8-12)26-9-14-13-7-11(20)3-5-15(13)27-18(14)19(21)22/h2-5,7-8,19H,6,9H2,1H3,(H,23,24). The summed E-state index contributed by atoms with van der Waals surface area (Å²) in [7, 11) is 1.46. The lowest BCUT2D eigenvalue weighted by molar-refractivity contribution is -0.136. The molecule has 2 aromatic carbocycles. The van der Waals surface area contributed by atoms with E-state index < -0.39 is 18.2 Å². The number of halogens is 3. The van der Waals surface area contributed by atoms with Crippen molar-refractivity contribution in [1.82, 2.24) is 0 Å². The van der Waals surface area contributed by atoms with Gasteiger partial charge in [0.2, 0.25) is 0 Å². The lowest BCUT2D eigenvalue weighted by atomic mass is 10.1. The molecule has 0 bridgehead atoms. The molecule has 5 nitrogen and oxygen atoms in total. The minimum atomic E-state index is -2.81.